The molecule has 0 aliphatic carbocycles. The fraction of sp³-hybridized carbons (Fsp3) is 0.385. The summed E-state index contributed by atoms with van der Waals surface area (Å²) in [7, 11) is 1.64. The lowest BCUT2D eigenvalue weighted by atomic mass is 10.2. The number of methoxy groups -OCH3 is 1. The second-order valence-electron chi connectivity index (χ2n) is 4.31. The molecular formula is C13H15N3O2. The number of hydrogen-bond donors (Lipinski definition) is 1. The first-order chi connectivity index (χ1) is 8.88. The van der Waals surface area contributed by atoms with Crippen LogP contribution in [0.1, 0.15) is 24.8 Å². The lowest BCUT2D eigenvalue weighted by molar-refractivity contribution is 0.344. The van der Waals surface area contributed by atoms with E-state index in [1.54, 1.807) is 7.11 Å². The predicted octanol–water partition coefficient (Wildman–Crippen LogP) is 2.17. The van der Waals surface area contributed by atoms with Crippen molar-refractivity contribution in [3.63, 3.8) is 0 Å². The van der Waals surface area contributed by atoms with Crippen molar-refractivity contribution in [3.05, 3.63) is 30.2 Å². The number of ether oxygens (including phenoxy) is 1. The van der Waals surface area contributed by atoms with Crippen LogP contribution in [-0.2, 0) is 0 Å². The Hall–Kier alpha value is -1.88. The number of aromatic nitrogens is 2. The standard InChI is InChI=1S/C13H15N3O2/c1-17-11-7-3-2-5-9(11)12-15-13(18-16-12)10-6-4-8-14-10/h2-3,5,7,10,14H,4,6,8H2,1H3/t10-/m1/s1. The highest BCUT2D eigenvalue weighted by atomic mass is 16.5. The van der Waals surface area contributed by atoms with Gasteiger partial charge in [0.25, 0.3) is 0 Å². The summed E-state index contributed by atoms with van der Waals surface area (Å²) >= 11 is 0. The van der Waals surface area contributed by atoms with E-state index in [1.807, 2.05) is 24.3 Å². The summed E-state index contributed by atoms with van der Waals surface area (Å²) < 4.78 is 10.6. The summed E-state index contributed by atoms with van der Waals surface area (Å²) in [6.07, 6.45) is 2.20. The van der Waals surface area contributed by atoms with Crippen molar-refractivity contribution in [1.29, 1.82) is 0 Å². The molecule has 18 heavy (non-hydrogen) atoms. The largest absolute Gasteiger partial charge is 0.496 e. The molecule has 0 spiro atoms. The second-order valence-corrected chi connectivity index (χ2v) is 4.31. The number of para-hydroxylation sites is 1. The monoisotopic (exact) mass is 245 g/mol. The maximum atomic E-state index is 5.32. The molecular weight excluding hydrogens is 230 g/mol. The molecule has 0 unspecified atom stereocenters. The molecule has 3 rings (SSSR count). The molecule has 0 bridgehead atoms. The van der Waals surface area contributed by atoms with Crippen molar-refractivity contribution >= 4 is 0 Å². The van der Waals surface area contributed by atoms with E-state index in [0.29, 0.717) is 11.7 Å². The first-order valence-electron chi connectivity index (χ1n) is 6.09. The maximum Gasteiger partial charge on any atom is 0.244 e. The Bertz CT molecular complexity index is 533. The number of nitrogens with one attached hydrogen (secondary N) is 1. The van der Waals surface area contributed by atoms with Gasteiger partial charge in [0, 0.05) is 0 Å². The molecule has 0 amide bonds. The second kappa shape index (κ2) is 4.78. The Labute approximate surface area is 105 Å². The minimum atomic E-state index is 0.195. The first-order valence-corrected chi connectivity index (χ1v) is 6.09. The van der Waals surface area contributed by atoms with Crippen LogP contribution in [0.4, 0.5) is 0 Å². The van der Waals surface area contributed by atoms with Crippen LogP contribution in [0.25, 0.3) is 11.4 Å². The van der Waals surface area contributed by atoms with Crippen LogP contribution in [0.15, 0.2) is 28.8 Å². The molecule has 2 heterocycles. The van der Waals surface area contributed by atoms with Gasteiger partial charge in [0.15, 0.2) is 0 Å². The predicted molar refractivity (Wildman–Crippen MR) is 66.3 cm³/mol. The van der Waals surface area contributed by atoms with Crippen LogP contribution in [0.2, 0.25) is 0 Å². The minimum Gasteiger partial charge on any atom is -0.496 e. The van der Waals surface area contributed by atoms with E-state index in [1.165, 1.54) is 0 Å². The summed E-state index contributed by atoms with van der Waals surface area (Å²) in [6, 6.07) is 7.86. The third-order valence-corrected chi connectivity index (χ3v) is 3.15. The van der Waals surface area contributed by atoms with Crippen LogP contribution in [-0.4, -0.2) is 23.8 Å². The average molecular weight is 245 g/mol. The first kappa shape index (κ1) is 11.2. The highest BCUT2D eigenvalue weighted by Crippen LogP contribution is 2.29. The lowest BCUT2D eigenvalue weighted by Gasteiger charge is -2.03. The average Bonchev–Trinajstić information content (AvgIpc) is 3.09. The number of rotatable bonds is 3. The zero-order valence-electron chi connectivity index (χ0n) is 10.2. The van der Waals surface area contributed by atoms with Gasteiger partial charge in [0.05, 0.1) is 18.7 Å². The van der Waals surface area contributed by atoms with E-state index in [9.17, 15) is 0 Å². The van der Waals surface area contributed by atoms with E-state index < -0.39 is 0 Å². The Kier molecular flexibility index (Phi) is 2.98. The SMILES string of the molecule is COc1ccccc1-c1noc([C@H]2CCCN2)n1. The zero-order chi connectivity index (χ0) is 12.4. The van der Waals surface area contributed by atoms with E-state index >= 15 is 0 Å². The molecule has 1 saturated heterocycles. The molecule has 1 fully saturated rings. The van der Waals surface area contributed by atoms with Crippen LogP contribution < -0.4 is 10.1 Å². The fourth-order valence-electron chi connectivity index (χ4n) is 2.21. The molecule has 94 valence electrons. The summed E-state index contributed by atoms with van der Waals surface area (Å²) in [5.41, 5.74) is 0.855. The van der Waals surface area contributed by atoms with Crippen LogP contribution in [0, 0.1) is 0 Å². The Balaban J connectivity index is 1.92. The molecule has 5 nitrogen and oxygen atoms in total. The molecule has 1 atom stereocenters. The molecule has 1 aromatic carbocycles. The normalized spacial score (nSPS) is 19.1. The summed E-state index contributed by atoms with van der Waals surface area (Å²) in [4.78, 5) is 4.45. The number of benzene rings is 1. The molecule has 0 radical (unpaired) electrons. The van der Waals surface area contributed by atoms with E-state index in [4.69, 9.17) is 9.26 Å². The lowest BCUT2D eigenvalue weighted by Crippen LogP contribution is -2.12. The Morgan fingerprint density at radius 2 is 2.28 bits per heavy atom. The quantitative estimate of drug-likeness (QED) is 0.898. The van der Waals surface area contributed by atoms with Crippen molar-refractivity contribution in [2.45, 2.75) is 18.9 Å². The minimum absolute atomic E-state index is 0.195. The summed E-state index contributed by atoms with van der Waals surface area (Å²) in [5.74, 6) is 1.99. The Morgan fingerprint density at radius 1 is 1.39 bits per heavy atom. The van der Waals surface area contributed by atoms with Crippen molar-refractivity contribution in [3.8, 4) is 17.1 Å². The molecule has 1 N–H and O–H groups in total. The third kappa shape index (κ3) is 1.97. The van der Waals surface area contributed by atoms with Crippen molar-refractivity contribution in [2.75, 3.05) is 13.7 Å². The maximum absolute atomic E-state index is 5.32. The molecule has 2 aromatic rings. The van der Waals surface area contributed by atoms with Crippen molar-refractivity contribution in [1.82, 2.24) is 15.5 Å². The van der Waals surface area contributed by atoms with Gasteiger partial charge in [-0.3, -0.25) is 0 Å². The van der Waals surface area contributed by atoms with Gasteiger partial charge < -0.3 is 14.6 Å². The third-order valence-electron chi connectivity index (χ3n) is 3.15. The molecule has 5 heteroatoms. The van der Waals surface area contributed by atoms with E-state index in [-0.39, 0.29) is 6.04 Å². The van der Waals surface area contributed by atoms with Gasteiger partial charge in [0.2, 0.25) is 11.7 Å². The van der Waals surface area contributed by atoms with Crippen molar-refractivity contribution in [2.24, 2.45) is 0 Å². The van der Waals surface area contributed by atoms with E-state index in [2.05, 4.69) is 15.5 Å². The van der Waals surface area contributed by atoms with Gasteiger partial charge in [-0.15, -0.1) is 0 Å². The molecule has 1 aliphatic rings. The highest BCUT2D eigenvalue weighted by Gasteiger charge is 2.23. The van der Waals surface area contributed by atoms with Crippen molar-refractivity contribution < 1.29 is 9.26 Å². The van der Waals surface area contributed by atoms with Gasteiger partial charge in [0.1, 0.15) is 5.75 Å². The highest BCUT2D eigenvalue weighted by molar-refractivity contribution is 5.63. The van der Waals surface area contributed by atoms with Gasteiger partial charge in [-0.05, 0) is 31.5 Å². The van der Waals surface area contributed by atoms with Gasteiger partial charge in [-0.1, -0.05) is 17.3 Å². The van der Waals surface area contributed by atoms with Gasteiger partial charge in [-0.25, -0.2) is 0 Å². The smallest absolute Gasteiger partial charge is 0.244 e. The zero-order valence-corrected chi connectivity index (χ0v) is 10.2. The molecule has 0 saturated carbocycles. The number of nitrogens with zero attached hydrogens (tertiary/aromatic N) is 2. The van der Waals surface area contributed by atoms with Gasteiger partial charge in [-0.2, -0.15) is 4.98 Å². The van der Waals surface area contributed by atoms with E-state index in [0.717, 1.165) is 30.7 Å². The summed E-state index contributed by atoms with van der Waals surface area (Å²) in [6.45, 7) is 1.01. The molecule has 1 aliphatic heterocycles. The van der Waals surface area contributed by atoms with Gasteiger partial charge >= 0.3 is 0 Å². The van der Waals surface area contributed by atoms with Crippen LogP contribution in [0.3, 0.4) is 0 Å². The van der Waals surface area contributed by atoms with Crippen LogP contribution >= 0.6 is 0 Å². The summed E-state index contributed by atoms with van der Waals surface area (Å²) in [5, 5.41) is 7.37. The fourth-order valence-corrected chi connectivity index (χ4v) is 2.21. The van der Waals surface area contributed by atoms with Crippen LogP contribution in [0.5, 0.6) is 5.75 Å². The molecule has 1 aromatic heterocycles. The topological polar surface area (TPSA) is 60.2 Å². The number of hydrogen-bond acceptors (Lipinski definition) is 5. The Morgan fingerprint density at radius 3 is 3.06 bits per heavy atom.